The SMILES string of the molecule is CCCOc1ccc(C2=C(N3CCCc4ccccc43)C(=O)N(CCCOCC)C2=O)cc1. The maximum atomic E-state index is 13.6. The molecule has 2 heterocycles. The summed E-state index contributed by atoms with van der Waals surface area (Å²) in [5.74, 6) is 0.294. The Hall–Kier alpha value is -3.12. The Morgan fingerprint density at radius 1 is 0.939 bits per heavy atom. The van der Waals surface area contributed by atoms with E-state index in [0.29, 0.717) is 50.6 Å². The van der Waals surface area contributed by atoms with Gasteiger partial charge in [0.25, 0.3) is 11.8 Å². The number of imide groups is 1. The smallest absolute Gasteiger partial charge is 0.278 e. The number of anilines is 1. The molecule has 0 spiro atoms. The van der Waals surface area contributed by atoms with Crippen LogP contribution in [0.2, 0.25) is 0 Å². The number of hydrogen-bond acceptors (Lipinski definition) is 5. The summed E-state index contributed by atoms with van der Waals surface area (Å²) in [4.78, 5) is 30.6. The quantitative estimate of drug-likeness (QED) is 0.397. The van der Waals surface area contributed by atoms with E-state index >= 15 is 0 Å². The van der Waals surface area contributed by atoms with Crippen molar-refractivity contribution in [2.45, 2.75) is 39.5 Å². The molecule has 6 nitrogen and oxygen atoms in total. The Kier molecular flexibility index (Phi) is 7.45. The van der Waals surface area contributed by atoms with E-state index < -0.39 is 0 Å². The summed E-state index contributed by atoms with van der Waals surface area (Å²) in [5, 5.41) is 0. The number of rotatable bonds is 10. The highest BCUT2D eigenvalue weighted by molar-refractivity contribution is 6.36. The van der Waals surface area contributed by atoms with Crippen LogP contribution >= 0.6 is 0 Å². The lowest BCUT2D eigenvalue weighted by molar-refractivity contribution is -0.137. The second-order valence-electron chi connectivity index (χ2n) is 8.29. The van der Waals surface area contributed by atoms with Gasteiger partial charge >= 0.3 is 0 Å². The second-order valence-corrected chi connectivity index (χ2v) is 8.29. The van der Waals surface area contributed by atoms with Gasteiger partial charge in [-0.25, -0.2) is 0 Å². The number of nitrogens with zero attached hydrogens (tertiary/aromatic N) is 2. The molecule has 0 saturated carbocycles. The predicted molar refractivity (Wildman–Crippen MR) is 129 cm³/mol. The van der Waals surface area contributed by atoms with Gasteiger partial charge in [0.1, 0.15) is 11.4 Å². The van der Waals surface area contributed by atoms with E-state index in [-0.39, 0.29) is 11.8 Å². The molecule has 0 atom stereocenters. The minimum Gasteiger partial charge on any atom is -0.494 e. The summed E-state index contributed by atoms with van der Waals surface area (Å²) in [7, 11) is 0. The number of amides is 2. The standard InChI is InChI=1S/C27H32N2O4/c1-3-18-33-22-14-12-21(13-15-22)24-25(27(31)29(26(24)30)17-8-19-32-4-2)28-16-7-10-20-9-5-6-11-23(20)28/h5-6,9,11-15H,3-4,7-8,10,16-19H2,1-2H3. The average molecular weight is 449 g/mol. The molecule has 0 bridgehead atoms. The first kappa shape index (κ1) is 23.1. The molecule has 2 amide bonds. The zero-order valence-electron chi connectivity index (χ0n) is 19.5. The second kappa shape index (κ2) is 10.7. The molecule has 2 aliphatic rings. The number of carbonyl (C=O) groups is 2. The zero-order valence-corrected chi connectivity index (χ0v) is 19.5. The molecule has 4 rings (SSSR count). The molecule has 0 aliphatic carbocycles. The molecule has 174 valence electrons. The summed E-state index contributed by atoms with van der Waals surface area (Å²) in [6.07, 6.45) is 3.45. The number of ether oxygens (including phenoxy) is 2. The fourth-order valence-corrected chi connectivity index (χ4v) is 4.45. The fourth-order valence-electron chi connectivity index (χ4n) is 4.45. The van der Waals surface area contributed by atoms with Crippen molar-refractivity contribution in [2.75, 3.05) is 37.8 Å². The molecule has 0 fully saturated rings. The van der Waals surface area contributed by atoms with Gasteiger partial charge in [-0.2, -0.15) is 0 Å². The van der Waals surface area contributed by atoms with Crippen LogP contribution in [0.4, 0.5) is 5.69 Å². The minimum atomic E-state index is -0.239. The van der Waals surface area contributed by atoms with Crippen LogP contribution < -0.4 is 9.64 Å². The van der Waals surface area contributed by atoms with Gasteiger partial charge in [0.15, 0.2) is 0 Å². The molecule has 2 aromatic rings. The Bertz CT molecular complexity index is 1030. The van der Waals surface area contributed by atoms with Gasteiger partial charge < -0.3 is 14.4 Å². The summed E-state index contributed by atoms with van der Waals surface area (Å²) in [6, 6.07) is 15.6. The fraction of sp³-hybridized carbons (Fsp3) is 0.407. The van der Waals surface area contributed by atoms with Gasteiger partial charge in [0.2, 0.25) is 0 Å². The monoisotopic (exact) mass is 448 g/mol. The predicted octanol–water partition coefficient (Wildman–Crippen LogP) is 4.43. The first-order valence-corrected chi connectivity index (χ1v) is 11.9. The van der Waals surface area contributed by atoms with Crippen molar-refractivity contribution in [3.63, 3.8) is 0 Å². The van der Waals surface area contributed by atoms with E-state index in [1.165, 1.54) is 10.5 Å². The van der Waals surface area contributed by atoms with Crippen LogP contribution in [0.25, 0.3) is 5.57 Å². The van der Waals surface area contributed by atoms with Crippen molar-refractivity contribution in [3.8, 4) is 5.75 Å². The zero-order chi connectivity index (χ0) is 23.2. The summed E-state index contributed by atoms with van der Waals surface area (Å²) in [6.45, 7) is 6.83. The number of fused-ring (bicyclic) bond motifs is 1. The van der Waals surface area contributed by atoms with Crippen LogP contribution in [0.15, 0.2) is 54.2 Å². The lowest BCUT2D eigenvalue weighted by Gasteiger charge is -2.32. The van der Waals surface area contributed by atoms with Crippen molar-refractivity contribution >= 4 is 23.1 Å². The molecule has 33 heavy (non-hydrogen) atoms. The van der Waals surface area contributed by atoms with E-state index in [9.17, 15) is 9.59 Å². The number of carbonyl (C=O) groups excluding carboxylic acids is 2. The highest BCUT2D eigenvalue weighted by Crippen LogP contribution is 2.38. The lowest BCUT2D eigenvalue weighted by atomic mass is 9.98. The Labute approximate surface area is 195 Å². The maximum absolute atomic E-state index is 13.6. The third-order valence-electron chi connectivity index (χ3n) is 6.01. The number of benzene rings is 2. The van der Waals surface area contributed by atoms with Gasteiger partial charge in [0, 0.05) is 32.0 Å². The Balaban J connectivity index is 1.72. The normalized spacial score (nSPS) is 15.9. The topological polar surface area (TPSA) is 59.1 Å². The molecule has 0 aromatic heterocycles. The van der Waals surface area contributed by atoms with Crippen LogP contribution in [0.1, 0.15) is 44.2 Å². The van der Waals surface area contributed by atoms with E-state index in [1.54, 1.807) is 0 Å². The van der Waals surface area contributed by atoms with Crippen LogP contribution in [0, 0.1) is 0 Å². The number of hydrogen-bond donors (Lipinski definition) is 0. The van der Waals surface area contributed by atoms with Crippen molar-refractivity contribution in [1.82, 2.24) is 4.90 Å². The average Bonchev–Trinajstić information content (AvgIpc) is 3.09. The lowest BCUT2D eigenvalue weighted by Crippen LogP contribution is -2.37. The molecule has 2 aromatic carbocycles. The first-order valence-electron chi connectivity index (χ1n) is 11.9. The van der Waals surface area contributed by atoms with Crippen molar-refractivity contribution in [1.29, 1.82) is 0 Å². The third-order valence-corrected chi connectivity index (χ3v) is 6.01. The van der Waals surface area contributed by atoms with Gasteiger partial charge in [0.05, 0.1) is 12.2 Å². The minimum absolute atomic E-state index is 0.227. The van der Waals surface area contributed by atoms with E-state index in [2.05, 4.69) is 13.0 Å². The third kappa shape index (κ3) is 4.81. The van der Waals surface area contributed by atoms with Crippen LogP contribution in [-0.4, -0.2) is 49.6 Å². The van der Waals surface area contributed by atoms with E-state index in [0.717, 1.165) is 36.3 Å². The van der Waals surface area contributed by atoms with Crippen LogP contribution in [-0.2, 0) is 20.7 Å². The summed E-state index contributed by atoms with van der Waals surface area (Å²) >= 11 is 0. The van der Waals surface area contributed by atoms with Crippen LogP contribution in [0.3, 0.4) is 0 Å². The van der Waals surface area contributed by atoms with E-state index in [4.69, 9.17) is 9.47 Å². The number of aryl methyl sites for hydroxylation is 1. The van der Waals surface area contributed by atoms with E-state index in [1.807, 2.05) is 54.3 Å². The molecule has 0 unspecified atom stereocenters. The molecule has 6 heteroatoms. The highest BCUT2D eigenvalue weighted by atomic mass is 16.5. The van der Waals surface area contributed by atoms with Gasteiger partial charge in [-0.1, -0.05) is 37.3 Å². The molecular weight excluding hydrogens is 416 g/mol. The summed E-state index contributed by atoms with van der Waals surface area (Å²) in [5.41, 5.74) is 3.90. The summed E-state index contributed by atoms with van der Waals surface area (Å²) < 4.78 is 11.1. The first-order chi connectivity index (χ1) is 16.2. The molecule has 0 saturated heterocycles. The number of para-hydroxylation sites is 1. The molecule has 0 N–H and O–H groups in total. The van der Waals surface area contributed by atoms with Crippen LogP contribution in [0.5, 0.6) is 5.75 Å². The molecular formula is C27H32N2O4. The molecule has 0 radical (unpaired) electrons. The largest absolute Gasteiger partial charge is 0.494 e. The highest BCUT2D eigenvalue weighted by Gasteiger charge is 2.42. The van der Waals surface area contributed by atoms with Gasteiger partial charge in [-0.3, -0.25) is 14.5 Å². The van der Waals surface area contributed by atoms with Crippen molar-refractivity contribution in [3.05, 3.63) is 65.4 Å². The van der Waals surface area contributed by atoms with Gasteiger partial charge in [-0.15, -0.1) is 0 Å². The molecule has 2 aliphatic heterocycles. The Morgan fingerprint density at radius 3 is 2.48 bits per heavy atom. The van der Waals surface area contributed by atoms with Crippen molar-refractivity contribution < 1.29 is 19.1 Å². The van der Waals surface area contributed by atoms with Crippen molar-refractivity contribution in [2.24, 2.45) is 0 Å². The van der Waals surface area contributed by atoms with Gasteiger partial charge in [-0.05, 0) is 61.9 Å². The maximum Gasteiger partial charge on any atom is 0.278 e. The Morgan fingerprint density at radius 2 is 1.73 bits per heavy atom.